The number of aromatic nitrogens is 3. The Hall–Kier alpha value is -3.02. The molecular formula is C17H14FN3O2. The first-order chi connectivity index (χ1) is 11.0. The molecule has 0 bridgehead atoms. The van der Waals surface area contributed by atoms with Crippen LogP contribution < -0.4 is 5.56 Å². The van der Waals surface area contributed by atoms with Gasteiger partial charge in [0, 0.05) is 11.3 Å². The molecule has 6 heteroatoms. The van der Waals surface area contributed by atoms with Crippen LogP contribution in [0.1, 0.15) is 11.3 Å². The maximum Gasteiger partial charge on any atom is 0.276 e. The monoisotopic (exact) mass is 311 g/mol. The van der Waals surface area contributed by atoms with Crippen molar-refractivity contribution in [2.75, 3.05) is 0 Å². The summed E-state index contributed by atoms with van der Waals surface area (Å²) in [5, 5.41) is 9.73. The van der Waals surface area contributed by atoms with Crippen LogP contribution in [0, 0.1) is 12.9 Å². The van der Waals surface area contributed by atoms with E-state index in [4.69, 9.17) is 0 Å². The molecule has 1 aromatic carbocycles. The highest BCUT2D eigenvalue weighted by Gasteiger charge is 2.06. The van der Waals surface area contributed by atoms with Gasteiger partial charge in [0.25, 0.3) is 5.56 Å². The van der Waals surface area contributed by atoms with Gasteiger partial charge in [0.1, 0.15) is 6.33 Å². The van der Waals surface area contributed by atoms with Crippen molar-refractivity contribution >= 4 is 0 Å². The molecule has 0 fully saturated rings. The van der Waals surface area contributed by atoms with E-state index in [-0.39, 0.29) is 5.88 Å². The first-order valence-corrected chi connectivity index (χ1v) is 7.01. The fraction of sp³-hybridized carbons (Fsp3) is 0.118. The van der Waals surface area contributed by atoms with Crippen LogP contribution in [0.5, 0.6) is 5.88 Å². The quantitative estimate of drug-likeness (QED) is 0.755. The number of aromatic hydroxyl groups is 1. The minimum Gasteiger partial charge on any atom is -0.494 e. The highest BCUT2D eigenvalue weighted by atomic mass is 19.1. The second kappa shape index (κ2) is 6.00. The average molecular weight is 311 g/mol. The number of aryl methyl sites for hydroxylation is 1. The molecule has 2 heterocycles. The third-order valence-corrected chi connectivity index (χ3v) is 3.54. The molecule has 3 rings (SSSR count). The second-order valence-electron chi connectivity index (χ2n) is 5.18. The summed E-state index contributed by atoms with van der Waals surface area (Å²) in [7, 11) is 0. The van der Waals surface area contributed by atoms with Gasteiger partial charge in [0.15, 0.2) is 5.88 Å². The average Bonchev–Trinajstić information content (AvgIpc) is 2.51. The summed E-state index contributed by atoms with van der Waals surface area (Å²) in [6.45, 7) is 2.15. The summed E-state index contributed by atoms with van der Waals surface area (Å²) in [4.78, 5) is 18.5. The van der Waals surface area contributed by atoms with Crippen molar-refractivity contribution in [1.29, 1.82) is 0 Å². The lowest BCUT2D eigenvalue weighted by Gasteiger charge is -2.09. The molecular weight excluding hydrogens is 297 g/mol. The number of nitrogens with zero attached hydrogens (tertiary/aromatic N) is 3. The minimum atomic E-state index is -0.496. The molecule has 0 atom stereocenters. The highest BCUT2D eigenvalue weighted by molar-refractivity contribution is 5.65. The lowest BCUT2D eigenvalue weighted by molar-refractivity contribution is 0.415. The van der Waals surface area contributed by atoms with Crippen molar-refractivity contribution in [2.45, 2.75) is 13.5 Å². The summed E-state index contributed by atoms with van der Waals surface area (Å²) in [6, 6.07) is 11.7. The predicted molar refractivity (Wildman–Crippen MR) is 83.6 cm³/mol. The fourth-order valence-corrected chi connectivity index (χ4v) is 2.36. The standard InChI is InChI=1S/C17H14FN3O2/c1-11-14(6-7-15(18)20-11)13-4-2-12(3-5-13)9-21-10-19-16(22)8-17(21)23/h2-8,10,23H,9H2,1H3. The number of rotatable bonds is 3. The van der Waals surface area contributed by atoms with Gasteiger partial charge in [-0.1, -0.05) is 24.3 Å². The topological polar surface area (TPSA) is 68.0 Å². The molecule has 23 heavy (non-hydrogen) atoms. The van der Waals surface area contributed by atoms with Crippen molar-refractivity contribution < 1.29 is 9.50 Å². The number of benzene rings is 1. The third-order valence-electron chi connectivity index (χ3n) is 3.54. The van der Waals surface area contributed by atoms with Crippen LogP contribution in [0.25, 0.3) is 11.1 Å². The summed E-state index contributed by atoms with van der Waals surface area (Å²) < 4.78 is 14.5. The Labute approximate surface area is 131 Å². The Morgan fingerprint density at radius 2 is 1.91 bits per heavy atom. The van der Waals surface area contributed by atoms with Gasteiger partial charge < -0.3 is 5.11 Å². The number of halogens is 1. The largest absolute Gasteiger partial charge is 0.494 e. The molecule has 0 saturated carbocycles. The van der Waals surface area contributed by atoms with E-state index >= 15 is 0 Å². The van der Waals surface area contributed by atoms with E-state index in [1.807, 2.05) is 24.3 Å². The second-order valence-corrected chi connectivity index (χ2v) is 5.18. The van der Waals surface area contributed by atoms with Crippen molar-refractivity contribution in [1.82, 2.24) is 14.5 Å². The van der Waals surface area contributed by atoms with E-state index in [9.17, 15) is 14.3 Å². The van der Waals surface area contributed by atoms with Gasteiger partial charge in [0.2, 0.25) is 5.95 Å². The van der Waals surface area contributed by atoms with Crippen LogP contribution in [0.4, 0.5) is 4.39 Å². The lowest BCUT2D eigenvalue weighted by atomic mass is 10.0. The van der Waals surface area contributed by atoms with Gasteiger partial charge in [-0.2, -0.15) is 9.37 Å². The van der Waals surface area contributed by atoms with Crippen LogP contribution in [-0.2, 0) is 6.54 Å². The molecule has 0 aliphatic rings. The summed E-state index contributed by atoms with van der Waals surface area (Å²) in [6.07, 6.45) is 1.31. The van der Waals surface area contributed by atoms with E-state index < -0.39 is 11.5 Å². The molecule has 0 unspecified atom stereocenters. The van der Waals surface area contributed by atoms with Crippen LogP contribution in [0.3, 0.4) is 0 Å². The summed E-state index contributed by atoms with van der Waals surface area (Å²) in [5.41, 5.74) is 2.88. The summed E-state index contributed by atoms with van der Waals surface area (Å²) >= 11 is 0. The van der Waals surface area contributed by atoms with E-state index in [0.29, 0.717) is 12.2 Å². The van der Waals surface area contributed by atoms with Crippen LogP contribution in [-0.4, -0.2) is 19.6 Å². The molecule has 5 nitrogen and oxygen atoms in total. The van der Waals surface area contributed by atoms with E-state index in [1.165, 1.54) is 17.0 Å². The molecule has 0 amide bonds. The zero-order valence-corrected chi connectivity index (χ0v) is 12.4. The van der Waals surface area contributed by atoms with Gasteiger partial charge in [-0.25, -0.2) is 4.98 Å². The number of hydrogen-bond donors (Lipinski definition) is 1. The van der Waals surface area contributed by atoms with E-state index in [0.717, 1.165) is 22.8 Å². The van der Waals surface area contributed by atoms with Crippen LogP contribution in [0.2, 0.25) is 0 Å². The van der Waals surface area contributed by atoms with Gasteiger partial charge in [-0.3, -0.25) is 9.36 Å². The molecule has 0 saturated heterocycles. The zero-order valence-electron chi connectivity index (χ0n) is 12.4. The molecule has 0 spiro atoms. The maximum atomic E-state index is 13.1. The molecule has 2 aromatic heterocycles. The van der Waals surface area contributed by atoms with Crippen LogP contribution in [0.15, 0.2) is 53.6 Å². The smallest absolute Gasteiger partial charge is 0.276 e. The molecule has 116 valence electrons. The highest BCUT2D eigenvalue weighted by Crippen LogP contribution is 2.23. The van der Waals surface area contributed by atoms with E-state index in [1.54, 1.807) is 13.0 Å². The SMILES string of the molecule is Cc1nc(F)ccc1-c1ccc(Cn2cnc(=O)cc2O)cc1. The normalized spacial score (nSPS) is 10.7. The van der Waals surface area contributed by atoms with Crippen molar-refractivity contribution in [3.8, 4) is 17.0 Å². The summed E-state index contributed by atoms with van der Waals surface area (Å²) in [5.74, 6) is -0.628. The fourth-order valence-electron chi connectivity index (χ4n) is 2.36. The third kappa shape index (κ3) is 3.26. The first-order valence-electron chi connectivity index (χ1n) is 7.01. The first kappa shape index (κ1) is 14.9. The minimum absolute atomic E-state index is 0.132. The van der Waals surface area contributed by atoms with Crippen molar-refractivity contribution in [2.24, 2.45) is 0 Å². The molecule has 1 N–H and O–H groups in total. The Morgan fingerprint density at radius 3 is 2.57 bits per heavy atom. The number of pyridine rings is 1. The van der Waals surface area contributed by atoms with Crippen LogP contribution >= 0.6 is 0 Å². The van der Waals surface area contributed by atoms with Gasteiger partial charge in [-0.05, 0) is 30.2 Å². The Kier molecular flexibility index (Phi) is 3.89. The lowest BCUT2D eigenvalue weighted by Crippen LogP contribution is -2.10. The predicted octanol–water partition coefficient (Wildman–Crippen LogP) is 2.51. The van der Waals surface area contributed by atoms with E-state index in [2.05, 4.69) is 9.97 Å². The van der Waals surface area contributed by atoms with Crippen molar-refractivity contribution in [3.05, 3.63) is 76.4 Å². The number of hydrogen-bond acceptors (Lipinski definition) is 4. The Bertz CT molecular complexity index is 904. The van der Waals surface area contributed by atoms with Gasteiger partial charge in [-0.15, -0.1) is 0 Å². The van der Waals surface area contributed by atoms with Gasteiger partial charge in [0.05, 0.1) is 12.6 Å². The van der Waals surface area contributed by atoms with Gasteiger partial charge >= 0.3 is 0 Å². The molecule has 0 radical (unpaired) electrons. The Morgan fingerprint density at radius 1 is 1.17 bits per heavy atom. The Balaban J connectivity index is 1.86. The van der Waals surface area contributed by atoms with Crippen molar-refractivity contribution in [3.63, 3.8) is 0 Å². The maximum absolute atomic E-state index is 13.1. The molecule has 0 aliphatic carbocycles. The zero-order chi connectivity index (χ0) is 16.4. The molecule has 0 aliphatic heterocycles. The molecule has 3 aromatic rings.